The van der Waals surface area contributed by atoms with Crippen molar-refractivity contribution >= 4 is 17.7 Å². The van der Waals surface area contributed by atoms with Gasteiger partial charge in [-0.1, -0.05) is 6.42 Å². The van der Waals surface area contributed by atoms with E-state index in [9.17, 15) is 4.79 Å². The first-order chi connectivity index (χ1) is 8.56. The Labute approximate surface area is 114 Å². The fraction of sp³-hybridized carbons (Fsp3) is 0.923. The molecule has 4 nitrogen and oxygen atoms in total. The molecule has 1 unspecified atom stereocenters. The van der Waals surface area contributed by atoms with Gasteiger partial charge in [-0.2, -0.15) is 11.8 Å². The molecule has 1 fully saturated rings. The fourth-order valence-corrected chi connectivity index (χ4v) is 3.25. The van der Waals surface area contributed by atoms with Crippen LogP contribution in [0.1, 0.15) is 39.0 Å². The van der Waals surface area contributed by atoms with Crippen molar-refractivity contribution in [3.63, 3.8) is 0 Å². The van der Waals surface area contributed by atoms with E-state index in [4.69, 9.17) is 10.5 Å². The normalized spacial score (nSPS) is 20.4. The highest BCUT2D eigenvalue weighted by Crippen LogP contribution is 2.23. The van der Waals surface area contributed by atoms with Gasteiger partial charge < -0.3 is 15.2 Å². The van der Waals surface area contributed by atoms with Crippen molar-refractivity contribution in [1.29, 1.82) is 0 Å². The average Bonchev–Trinajstić information content (AvgIpc) is 2.38. The number of unbranched alkanes of at least 4 members (excludes halogenated alkanes) is 1. The second-order valence-electron chi connectivity index (χ2n) is 5.05. The largest absolute Gasteiger partial charge is 0.468 e. The molecule has 0 spiro atoms. The summed E-state index contributed by atoms with van der Waals surface area (Å²) in [6.45, 7) is 3.55. The topological polar surface area (TPSA) is 61.5 Å². The lowest BCUT2D eigenvalue weighted by Gasteiger charge is -2.22. The molecule has 1 heterocycles. The van der Waals surface area contributed by atoms with Gasteiger partial charge in [0.25, 0.3) is 0 Å². The second kappa shape index (κ2) is 8.02. The van der Waals surface area contributed by atoms with E-state index < -0.39 is 5.54 Å². The van der Waals surface area contributed by atoms with Gasteiger partial charge in [-0.3, -0.25) is 4.79 Å². The third-order valence-corrected chi connectivity index (χ3v) is 4.73. The van der Waals surface area contributed by atoms with E-state index in [1.807, 2.05) is 11.8 Å². The molecule has 1 saturated heterocycles. The van der Waals surface area contributed by atoms with Crippen molar-refractivity contribution in [1.82, 2.24) is 0 Å². The summed E-state index contributed by atoms with van der Waals surface area (Å²) in [6, 6.07) is 0. The second-order valence-corrected chi connectivity index (χ2v) is 6.46. The molecule has 2 N–H and O–H groups in total. The highest BCUT2D eigenvalue weighted by molar-refractivity contribution is 7.99. The number of carbonyl (C=O) groups excluding carboxylic acids is 1. The molecule has 0 aromatic heterocycles. The van der Waals surface area contributed by atoms with Gasteiger partial charge in [0.05, 0.1) is 7.11 Å². The summed E-state index contributed by atoms with van der Waals surface area (Å²) in [5.74, 6) is 0.821. The Kier molecular flexibility index (Phi) is 7.04. The summed E-state index contributed by atoms with van der Waals surface area (Å²) >= 11 is 2.03. The van der Waals surface area contributed by atoms with Crippen molar-refractivity contribution in [2.24, 2.45) is 5.73 Å². The zero-order valence-corrected chi connectivity index (χ0v) is 12.3. The number of ether oxygens (including phenoxy) is 2. The monoisotopic (exact) mass is 275 g/mol. The van der Waals surface area contributed by atoms with Gasteiger partial charge in [-0.15, -0.1) is 0 Å². The Morgan fingerprint density at radius 1 is 1.44 bits per heavy atom. The zero-order valence-electron chi connectivity index (χ0n) is 11.4. The fourth-order valence-electron chi connectivity index (χ4n) is 2.02. The van der Waals surface area contributed by atoms with E-state index in [-0.39, 0.29) is 5.97 Å². The predicted molar refractivity (Wildman–Crippen MR) is 74.8 cm³/mol. The Bertz CT molecular complexity index is 253. The molecule has 1 aliphatic rings. The molecule has 1 aliphatic heterocycles. The minimum Gasteiger partial charge on any atom is -0.468 e. The number of hydrogen-bond acceptors (Lipinski definition) is 5. The van der Waals surface area contributed by atoms with Gasteiger partial charge in [-0.25, -0.2) is 0 Å². The number of thioether (sulfide) groups is 1. The minimum absolute atomic E-state index is 0.320. The SMILES string of the molecule is COC(=O)C(C)(N)CCCCSC1CCOCC1. The third kappa shape index (κ3) is 5.59. The number of hydrogen-bond donors (Lipinski definition) is 1. The highest BCUT2D eigenvalue weighted by Gasteiger charge is 2.28. The first-order valence-corrected chi connectivity index (χ1v) is 7.68. The number of carbonyl (C=O) groups is 1. The van der Waals surface area contributed by atoms with E-state index in [0.717, 1.165) is 37.1 Å². The lowest BCUT2D eigenvalue weighted by atomic mass is 9.97. The van der Waals surface area contributed by atoms with Gasteiger partial charge in [0, 0.05) is 18.5 Å². The summed E-state index contributed by atoms with van der Waals surface area (Å²) in [6.07, 6.45) is 5.10. The van der Waals surface area contributed by atoms with Crippen LogP contribution in [0.4, 0.5) is 0 Å². The van der Waals surface area contributed by atoms with Gasteiger partial charge in [-0.05, 0) is 38.4 Å². The number of methoxy groups -OCH3 is 1. The molecule has 5 heteroatoms. The summed E-state index contributed by atoms with van der Waals surface area (Å²) in [5.41, 5.74) is 5.06. The van der Waals surface area contributed by atoms with Crippen LogP contribution in [0.25, 0.3) is 0 Å². The van der Waals surface area contributed by atoms with E-state index in [1.54, 1.807) is 6.92 Å². The first-order valence-electron chi connectivity index (χ1n) is 6.63. The van der Waals surface area contributed by atoms with Crippen LogP contribution < -0.4 is 5.73 Å². The maximum atomic E-state index is 11.4. The molecular formula is C13H25NO3S. The van der Waals surface area contributed by atoms with Crippen LogP contribution in [-0.4, -0.2) is 42.8 Å². The lowest BCUT2D eigenvalue weighted by molar-refractivity contribution is -0.146. The maximum absolute atomic E-state index is 11.4. The van der Waals surface area contributed by atoms with Crippen LogP contribution >= 0.6 is 11.8 Å². The van der Waals surface area contributed by atoms with Gasteiger partial charge in [0.1, 0.15) is 5.54 Å². The number of nitrogens with two attached hydrogens (primary N) is 1. The zero-order chi connectivity index (χ0) is 13.4. The third-order valence-electron chi connectivity index (χ3n) is 3.26. The molecule has 0 aromatic carbocycles. The Hall–Kier alpha value is -0.260. The quantitative estimate of drug-likeness (QED) is 0.568. The lowest BCUT2D eigenvalue weighted by Crippen LogP contribution is -2.45. The van der Waals surface area contributed by atoms with Gasteiger partial charge >= 0.3 is 5.97 Å². The highest BCUT2D eigenvalue weighted by atomic mass is 32.2. The minimum atomic E-state index is -0.835. The van der Waals surface area contributed by atoms with E-state index >= 15 is 0 Å². The van der Waals surface area contributed by atoms with Crippen LogP contribution in [0.5, 0.6) is 0 Å². The first kappa shape index (κ1) is 15.8. The number of esters is 1. The average molecular weight is 275 g/mol. The van der Waals surface area contributed by atoms with Crippen LogP contribution in [-0.2, 0) is 14.3 Å². The molecule has 1 rings (SSSR count). The summed E-state index contributed by atoms with van der Waals surface area (Å²) in [4.78, 5) is 11.4. The van der Waals surface area contributed by atoms with Crippen molar-refractivity contribution < 1.29 is 14.3 Å². The van der Waals surface area contributed by atoms with Crippen molar-refractivity contribution in [2.45, 2.75) is 49.8 Å². The Morgan fingerprint density at radius 2 is 2.11 bits per heavy atom. The maximum Gasteiger partial charge on any atom is 0.325 e. The summed E-state index contributed by atoms with van der Waals surface area (Å²) in [7, 11) is 1.38. The summed E-state index contributed by atoms with van der Waals surface area (Å²) in [5, 5.41) is 0.753. The standard InChI is InChI=1S/C13H25NO3S/c1-13(14,12(15)16-2)7-3-4-10-18-11-5-8-17-9-6-11/h11H,3-10,14H2,1-2H3. The van der Waals surface area contributed by atoms with Crippen molar-refractivity contribution in [3.8, 4) is 0 Å². The van der Waals surface area contributed by atoms with Crippen molar-refractivity contribution in [2.75, 3.05) is 26.1 Å². The summed E-state index contributed by atoms with van der Waals surface area (Å²) < 4.78 is 10.0. The van der Waals surface area contributed by atoms with Gasteiger partial charge in [0.15, 0.2) is 0 Å². The van der Waals surface area contributed by atoms with Crippen LogP contribution in [0.3, 0.4) is 0 Å². The molecule has 0 amide bonds. The molecular weight excluding hydrogens is 250 g/mol. The molecule has 0 saturated carbocycles. The molecule has 0 aromatic rings. The molecule has 18 heavy (non-hydrogen) atoms. The smallest absolute Gasteiger partial charge is 0.325 e. The number of rotatable bonds is 7. The Morgan fingerprint density at radius 3 is 2.72 bits per heavy atom. The van der Waals surface area contributed by atoms with E-state index in [1.165, 1.54) is 20.0 Å². The Balaban J connectivity index is 2.05. The van der Waals surface area contributed by atoms with E-state index in [0.29, 0.717) is 6.42 Å². The molecule has 0 radical (unpaired) electrons. The van der Waals surface area contributed by atoms with Crippen LogP contribution in [0.15, 0.2) is 0 Å². The van der Waals surface area contributed by atoms with Gasteiger partial charge in [0.2, 0.25) is 0 Å². The van der Waals surface area contributed by atoms with Crippen LogP contribution in [0.2, 0.25) is 0 Å². The van der Waals surface area contributed by atoms with Crippen molar-refractivity contribution in [3.05, 3.63) is 0 Å². The van der Waals surface area contributed by atoms with Crippen LogP contribution in [0, 0.1) is 0 Å². The molecule has 0 aliphatic carbocycles. The molecule has 106 valence electrons. The molecule has 0 bridgehead atoms. The molecule has 1 atom stereocenters. The predicted octanol–water partition coefficient (Wildman–Crippen LogP) is 1.96. The van der Waals surface area contributed by atoms with E-state index in [2.05, 4.69) is 4.74 Å².